The highest BCUT2D eigenvalue weighted by molar-refractivity contribution is 7.90. The molecule has 1 fully saturated rings. The van der Waals surface area contributed by atoms with Crippen LogP contribution in [0.15, 0.2) is 48.9 Å². The molecule has 14 heteroatoms. The number of thiazole rings is 1. The first-order valence-corrected chi connectivity index (χ1v) is 13.7. The van der Waals surface area contributed by atoms with Crippen molar-refractivity contribution >= 4 is 48.9 Å². The first kappa shape index (κ1) is 25.0. The van der Waals surface area contributed by atoms with Crippen molar-refractivity contribution < 1.29 is 17.9 Å². The number of carbonyl (C=O) groups excluding carboxylic acids is 1. The number of nitrogens with zero attached hydrogens (tertiary/aromatic N) is 5. The molecular formula is C23H24N8O4S2. The van der Waals surface area contributed by atoms with Crippen LogP contribution in [-0.4, -0.2) is 71.5 Å². The van der Waals surface area contributed by atoms with Crippen molar-refractivity contribution in [3.8, 4) is 22.4 Å². The predicted molar refractivity (Wildman–Crippen MR) is 141 cm³/mol. The third-order valence-electron chi connectivity index (χ3n) is 5.68. The van der Waals surface area contributed by atoms with E-state index < -0.39 is 10.2 Å². The largest absolute Gasteiger partial charge is 0.379 e. The fourth-order valence-corrected chi connectivity index (χ4v) is 5.88. The van der Waals surface area contributed by atoms with E-state index in [1.54, 1.807) is 25.7 Å². The number of hydrogen-bond acceptors (Lipinski definition) is 9. The van der Waals surface area contributed by atoms with E-state index in [9.17, 15) is 13.2 Å². The minimum absolute atomic E-state index is 0.0299. The van der Waals surface area contributed by atoms with Gasteiger partial charge in [0.15, 0.2) is 5.13 Å². The lowest BCUT2D eigenvalue weighted by molar-refractivity contribution is 0.0128. The predicted octanol–water partition coefficient (Wildman–Crippen LogP) is 2.94. The highest BCUT2D eigenvalue weighted by Gasteiger charge is 2.36. The number of methoxy groups -OCH3 is 1. The van der Waals surface area contributed by atoms with Crippen molar-refractivity contribution in [1.29, 1.82) is 0 Å². The number of benzene rings is 1. The molecule has 1 saturated heterocycles. The maximum Gasteiger partial charge on any atom is 0.321 e. The average Bonchev–Trinajstić information content (AvgIpc) is 3.25. The van der Waals surface area contributed by atoms with Crippen LogP contribution in [0.3, 0.4) is 0 Å². The van der Waals surface area contributed by atoms with Gasteiger partial charge in [0.1, 0.15) is 0 Å². The van der Waals surface area contributed by atoms with E-state index in [-0.39, 0.29) is 31.2 Å². The van der Waals surface area contributed by atoms with E-state index in [4.69, 9.17) is 4.74 Å². The molecule has 0 aliphatic carbocycles. The number of aromatic nitrogens is 4. The lowest BCUT2D eigenvalue weighted by Crippen LogP contribution is -2.55. The number of anilines is 2. The summed E-state index contributed by atoms with van der Waals surface area (Å²) in [5.41, 5.74) is 3.69. The molecule has 0 unspecified atom stereocenters. The Labute approximate surface area is 217 Å². The fraction of sp³-hybridized carbons (Fsp3) is 0.261. The van der Waals surface area contributed by atoms with Gasteiger partial charge in [-0.05, 0) is 36.8 Å². The molecule has 1 aliphatic rings. The van der Waals surface area contributed by atoms with E-state index in [1.807, 2.05) is 37.3 Å². The van der Waals surface area contributed by atoms with Crippen molar-refractivity contribution in [1.82, 2.24) is 29.6 Å². The molecule has 0 radical (unpaired) electrons. The SMILES string of the molecule is CCNC(=O)Nc1nc2cc(-c3cnc(NS(=O)(=O)N4CC(OC)C4)nc3)cc(-c3ccccn3)c2s1. The van der Waals surface area contributed by atoms with Gasteiger partial charge in [-0.2, -0.15) is 12.7 Å². The molecule has 3 N–H and O–H groups in total. The molecule has 0 spiro atoms. The summed E-state index contributed by atoms with van der Waals surface area (Å²) in [5, 5.41) is 5.91. The zero-order valence-corrected chi connectivity index (χ0v) is 21.6. The van der Waals surface area contributed by atoms with Gasteiger partial charge in [-0.1, -0.05) is 17.4 Å². The number of amides is 2. The topological polar surface area (TPSA) is 151 Å². The Morgan fingerprint density at radius 3 is 2.62 bits per heavy atom. The van der Waals surface area contributed by atoms with Crippen molar-refractivity contribution in [2.24, 2.45) is 0 Å². The number of hydrogen-bond donors (Lipinski definition) is 3. The van der Waals surface area contributed by atoms with E-state index in [0.29, 0.717) is 22.8 Å². The molecule has 0 saturated carbocycles. The van der Waals surface area contributed by atoms with Crippen LogP contribution in [0.25, 0.3) is 32.6 Å². The van der Waals surface area contributed by atoms with Gasteiger partial charge in [0, 0.05) is 56.5 Å². The highest BCUT2D eigenvalue weighted by atomic mass is 32.2. The number of fused-ring (bicyclic) bond motifs is 1. The molecule has 37 heavy (non-hydrogen) atoms. The molecular weight excluding hydrogens is 516 g/mol. The van der Waals surface area contributed by atoms with Gasteiger partial charge in [0.25, 0.3) is 0 Å². The van der Waals surface area contributed by atoms with Crippen LogP contribution in [0.2, 0.25) is 0 Å². The summed E-state index contributed by atoms with van der Waals surface area (Å²) in [5.74, 6) is -0.0299. The Balaban J connectivity index is 1.45. The molecule has 3 aromatic heterocycles. The van der Waals surface area contributed by atoms with Gasteiger partial charge in [0.05, 0.1) is 22.0 Å². The number of rotatable bonds is 8. The molecule has 1 aliphatic heterocycles. The molecule has 0 bridgehead atoms. The van der Waals surface area contributed by atoms with Crippen LogP contribution in [-0.2, 0) is 14.9 Å². The number of urea groups is 1. The summed E-state index contributed by atoms with van der Waals surface area (Å²) >= 11 is 1.35. The third kappa shape index (κ3) is 5.36. The van der Waals surface area contributed by atoms with Gasteiger partial charge >= 0.3 is 16.2 Å². The zero-order valence-electron chi connectivity index (χ0n) is 20.0. The van der Waals surface area contributed by atoms with Crippen molar-refractivity contribution in [2.75, 3.05) is 36.8 Å². The van der Waals surface area contributed by atoms with Gasteiger partial charge in [-0.3, -0.25) is 10.3 Å². The Kier molecular flexibility index (Phi) is 6.97. The maximum atomic E-state index is 12.5. The van der Waals surface area contributed by atoms with Crippen LogP contribution >= 0.6 is 11.3 Å². The molecule has 1 aromatic carbocycles. The summed E-state index contributed by atoms with van der Waals surface area (Å²) in [6.07, 6.45) is 4.69. The molecule has 0 atom stereocenters. The minimum atomic E-state index is -3.76. The van der Waals surface area contributed by atoms with Crippen molar-refractivity contribution in [3.05, 3.63) is 48.9 Å². The minimum Gasteiger partial charge on any atom is -0.379 e. The van der Waals surface area contributed by atoms with Gasteiger partial charge in [-0.15, -0.1) is 0 Å². The third-order valence-corrected chi connectivity index (χ3v) is 8.12. The van der Waals surface area contributed by atoms with Crippen LogP contribution in [0, 0.1) is 0 Å². The average molecular weight is 541 g/mol. The number of pyridine rings is 1. The van der Waals surface area contributed by atoms with Crippen molar-refractivity contribution in [2.45, 2.75) is 13.0 Å². The fourth-order valence-electron chi connectivity index (χ4n) is 3.72. The first-order valence-electron chi connectivity index (χ1n) is 11.4. The lowest BCUT2D eigenvalue weighted by Gasteiger charge is -2.36. The van der Waals surface area contributed by atoms with Crippen molar-refractivity contribution in [3.63, 3.8) is 0 Å². The van der Waals surface area contributed by atoms with Gasteiger partial charge < -0.3 is 10.1 Å². The van der Waals surface area contributed by atoms with Crippen LogP contribution in [0.5, 0.6) is 0 Å². The second-order valence-corrected chi connectivity index (χ2v) is 10.8. The normalized spacial score (nSPS) is 14.3. The van der Waals surface area contributed by atoms with E-state index in [1.165, 1.54) is 15.6 Å². The molecule has 5 rings (SSSR count). The first-order chi connectivity index (χ1) is 17.9. The summed E-state index contributed by atoms with van der Waals surface area (Å²) in [7, 11) is -2.21. The summed E-state index contributed by atoms with van der Waals surface area (Å²) in [6.45, 7) is 2.90. The number of nitrogens with one attached hydrogen (secondary N) is 3. The summed E-state index contributed by atoms with van der Waals surface area (Å²) in [4.78, 5) is 29.5. The van der Waals surface area contributed by atoms with E-state index >= 15 is 0 Å². The molecule has 2 amide bonds. The second kappa shape index (κ2) is 10.3. The Morgan fingerprint density at radius 1 is 1.16 bits per heavy atom. The molecule has 192 valence electrons. The van der Waals surface area contributed by atoms with E-state index in [0.717, 1.165) is 21.5 Å². The second-order valence-electron chi connectivity index (χ2n) is 8.17. The molecule has 4 heterocycles. The summed E-state index contributed by atoms with van der Waals surface area (Å²) < 4.78 is 34.7. The standard InChI is InChI=1S/C23H24N8O4S2/c1-3-24-22(32)29-23-28-19-9-14(8-17(20(19)36-23)18-6-4-5-7-25-18)15-10-26-21(27-11-15)30-37(33,34)31-12-16(13-31)35-2/h4-11,16H,3,12-13H2,1-2H3,(H,26,27,30)(H2,24,28,29,32). The van der Waals surface area contributed by atoms with Crippen LogP contribution in [0.4, 0.5) is 15.9 Å². The lowest BCUT2D eigenvalue weighted by atomic mass is 10.0. The smallest absolute Gasteiger partial charge is 0.321 e. The van der Waals surface area contributed by atoms with Crippen LogP contribution < -0.4 is 15.4 Å². The number of ether oxygens (including phenoxy) is 1. The van der Waals surface area contributed by atoms with Crippen LogP contribution in [0.1, 0.15) is 6.92 Å². The Bertz CT molecular complexity index is 1520. The van der Waals surface area contributed by atoms with Gasteiger partial charge in [-0.25, -0.2) is 24.5 Å². The van der Waals surface area contributed by atoms with E-state index in [2.05, 4.69) is 35.3 Å². The number of carbonyl (C=O) groups is 1. The molecule has 12 nitrogen and oxygen atoms in total. The summed E-state index contributed by atoms with van der Waals surface area (Å²) in [6, 6.07) is 9.12. The zero-order chi connectivity index (χ0) is 26.0. The Hall–Kier alpha value is -3.72. The Morgan fingerprint density at radius 2 is 1.95 bits per heavy atom. The quantitative estimate of drug-likeness (QED) is 0.309. The monoisotopic (exact) mass is 540 g/mol. The molecule has 4 aromatic rings. The highest BCUT2D eigenvalue weighted by Crippen LogP contribution is 2.38. The van der Waals surface area contributed by atoms with Gasteiger partial charge in [0.2, 0.25) is 5.95 Å². The maximum absolute atomic E-state index is 12.5.